The Morgan fingerprint density at radius 2 is 1.72 bits per heavy atom. The van der Waals surface area contributed by atoms with Gasteiger partial charge in [-0.05, 0) is 30.7 Å². The monoisotopic (exact) mass is 394 g/mol. The Bertz CT molecular complexity index is 769. The van der Waals surface area contributed by atoms with Crippen LogP contribution in [0, 0.1) is 6.92 Å². The molecular weight excluding hydrogens is 368 g/mol. The molecule has 0 saturated carbocycles. The second-order valence-electron chi connectivity index (χ2n) is 4.47. The molecule has 25 heavy (non-hydrogen) atoms. The van der Waals surface area contributed by atoms with Crippen LogP contribution in [0.25, 0.3) is 10.9 Å². The van der Waals surface area contributed by atoms with Crippen LogP contribution in [0.15, 0.2) is 48.8 Å². The first kappa shape index (κ1) is 23.3. The third-order valence-corrected chi connectivity index (χ3v) is 3.35. The van der Waals surface area contributed by atoms with Gasteiger partial charge in [0.15, 0.2) is 0 Å². The van der Waals surface area contributed by atoms with Crippen molar-refractivity contribution in [1.82, 2.24) is 9.97 Å². The summed E-state index contributed by atoms with van der Waals surface area (Å²) in [4.78, 5) is 8.62. The van der Waals surface area contributed by atoms with Crippen LogP contribution in [0.5, 0.6) is 5.75 Å². The third kappa shape index (κ3) is 6.24. The molecule has 1 aromatic heterocycles. The fourth-order valence-corrected chi connectivity index (χ4v) is 2.33. The van der Waals surface area contributed by atoms with E-state index < -0.39 is 0 Å². The normalized spacial score (nSPS) is 8.76. The van der Waals surface area contributed by atoms with E-state index in [4.69, 9.17) is 4.52 Å². The van der Waals surface area contributed by atoms with Crippen molar-refractivity contribution in [1.29, 1.82) is 0 Å². The molecule has 1 atom stereocenters. The first-order valence-corrected chi connectivity index (χ1v) is 8.99. The van der Waals surface area contributed by atoms with E-state index in [2.05, 4.69) is 47.0 Å². The summed E-state index contributed by atoms with van der Waals surface area (Å²) in [5, 5.41) is 7.47. The van der Waals surface area contributed by atoms with Crippen molar-refractivity contribution < 1.29 is 21.5 Å². The Morgan fingerprint density at radius 3 is 2.32 bits per heavy atom. The summed E-state index contributed by atoms with van der Waals surface area (Å²) in [6.07, 6.45) is 1.55. The predicted molar refractivity (Wildman–Crippen MR) is 110 cm³/mol. The Morgan fingerprint density at radius 1 is 1.08 bits per heavy atom. The molecule has 0 radical (unpaired) electrons. The number of hydrogen-bond donors (Lipinski definition) is 1. The van der Waals surface area contributed by atoms with E-state index in [-0.39, 0.29) is 7.43 Å². The number of nitrogens with zero attached hydrogens (tertiary/aromatic N) is 2. The van der Waals surface area contributed by atoms with Gasteiger partial charge in [0.05, 0.1) is 15.0 Å². The van der Waals surface area contributed by atoms with Crippen LogP contribution >= 0.6 is 9.47 Å². The molecule has 0 aliphatic heterocycles. The second kappa shape index (κ2) is 12.6. The molecule has 1 heterocycles. The molecule has 3 aromatic rings. The summed E-state index contributed by atoms with van der Waals surface area (Å²) in [7, 11) is 2.26. The second-order valence-corrected chi connectivity index (χ2v) is 4.70. The van der Waals surface area contributed by atoms with Crippen LogP contribution in [0.2, 0.25) is 0 Å². The van der Waals surface area contributed by atoms with E-state index >= 15 is 0 Å². The SMILES string of the molecule is C.CC.Cc1cc2c(Nc3ccccc3)ncnc2cc1OP.[CH2]=[V]. The zero-order valence-electron chi connectivity index (χ0n) is 14.2. The molecule has 0 spiro atoms. The maximum atomic E-state index is 5.25. The molecule has 4 nitrogen and oxygen atoms in total. The van der Waals surface area contributed by atoms with Crippen molar-refractivity contribution in [3.63, 3.8) is 0 Å². The number of hydrogen-bond acceptors (Lipinski definition) is 4. The number of aryl methyl sites for hydroxylation is 1. The topological polar surface area (TPSA) is 47.0 Å². The minimum absolute atomic E-state index is 0. The quantitative estimate of drug-likeness (QED) is 0.598. The third-order valence-electron chi connectivity index (χ3n) is 3.10. The van der Waals surface area contributed by atoms with Gasteiger partial charge in [-0.1, -0.05) is 39.5 Å². The van der Waals surface area contributed by atoms with Crippen LogP contribution in [0.1, 0.15) is 26.8 Å². The number of benzene rings is 2. The number of anilines is 2. The van der Waals surface area contributed by atoms with E-state index in [0.717, 1.165) is 33.7 Å². The Hall–Kier alpha value is -1.74. The van der Waals surface area contributed by atoms with Crippen molar-refractivity contribution in [2.24, 2.45) is 0 Å². The van der Waals surface area contributed by atoms with Gasteiger partial charge in [-0.25, -0.2) is 9.97 Å². The van der Waals surface area contributed by atoms with Gasteiger partial charge >= 0.3 is 22.2 Å². The Labute approximate surface area is 162 Å². The Balaban J connectivity index is 0.00000108. The molecule has 2 aromatic carbocycles. The summed E-state index contributed by atoms with van der Waals surface area (Å²) in [5.74, 6) is 1.59. The molecule has 133 valence electrons. The number of rotatable bonds is 3. The van der Waals surface area contributed by atoms with E-state index in [1.54, 1.807) is 6.33 Å². The van der Waals surface area contributed by atoms with Gasteiger partial charge in [0.1, 0.15) is 17.9 Å². The summed E-state index contributed by atoms with van der Waals surface area (Å²) in [5.41, 5.74) is 2.89. The van der Waals surface area contributed by atoms with Crippen molar-refractivity contribution in [3.05, 3.63) is 54.4 Å². The van der Waals surface area contributed by atoms with Crippen LogP contribution < -0.4 is 9.84 Å². The van der Waals surface area contributed by atoms with Crippen molar-refractivity contribution in [2.75, 3.05) is 5.32 Å². The zero-order valence-corrected chi connectivity index (χ0v) is 16.7. The fourth-order valence-electron chi connectivity index (χ4n) is 2.08. The van der Waals surface area contributed by atoms with Gasteiger partial charge in [-0.2, -0.15) is 0 Å². The number of fused-ring (bicyclic) bond motifs is 1. The van der Waals surface area contributed by atoms with Crippen LogP contribution in [0.4, 0.5) is 11.5 Å². The molecule has 0 fully saturated rings. The van der Waals surface area contributed by atoms with Crippen LogP contribution in [-0.4, -0.2) is 15.2 Å². The number of aromatic nitrogens is 2. The van der Waals surface area contributed by atoms with E-state index in [0.29, 0.717) is 0 Å². The first-order valence-electron chi connectivity index (χ1n) is 7.54. The van der Waals surface area contributed by atoms with Gasteiger partial charge in [0.2, 0.25) is 0 Å². The van der Waals surface area contributed by atoms with Gasteiger partial charge in [0.25, 0.3) is 0 Å². The molecule has 3 rings (SSSR count). The zero-order chi connectivity index (χ0) is 17.9. The molecule has 6 heteroatoms. The first-order chi connectivity index (χ1) is 11.8. The average molecular weight is 394 g/mol. The van der Waals surface area contributed by atoms with Gasteiger partial charge in [-0.3, -0.25) is 0 Å². The van der Waals surface area contributed by atoms with Crippen LogP contribution in [-0.2, 0) is 17.0 Å². The number of nitrogens with one attached hydrogen (secondary N) is 1. The van der Waals surface area contributed by atoms with Crippen LogP contribution in [0.3, 0.4) is 0 Å². The molecule has 1 N–H and O–H groups in total. The predicted octanol–water partition coefficient (Wildman–Crippen LogP) is 5.48. The van der Waals surface area contributed by atoms with Gasteiger partial charge in [-0.15, -0.1) is 0 Å². The molecule has 0 aliphatic carbocycles. The summed E-state index contributed by atoms with van der Waals surface area (Å²) < 4.78 is 5.25. The van der Waals surface area contributed by atoms with Crippen molar-refractivity contribution in [3.8, 4) is 5.75 Å². The van der Waals surface area contributed by atoms with E-state index in [1.807, 2.05) is 63.2 Å². The molecule has 0 saturated heterocycles. The van der Waals surface area contributed by atoms with Gasteiger partial charge < -0.3 is 9.84 Å². The standard InChI is InChI=1S/C15H14N3OP.C2H6.CH4.CH2.V/c1-10-7-12-13(8-14(10)19-20)16-9-17-15(12)18-11-5-3-2-4-6-11;1-2;;;/h2-9H,20H2,1H3,(H,16,17,18);1-2H3;1H4;1H2;. The molecule has 0 bridgehead atoms. The molecule has 0 amide bonds. The Kier molecular flexibility index (Phi) is 11.7. The van der Waals surface area contributed by atoms with E-state index in [1.165, 1.54) is 0 Å². The molecular formula is C19H26N3OPV. The van der Waals surface area contributed by atoms with Crippen molar-refractivity contribution in [2.45, 2.75) is 28.2 Å². The maximum absolute atomic E-state index is 5.25. The van der Waals surface area contributed by atoms with Gasteiger partial charge in [0, 0.05) is 17.1 Å². The number of para-hydroxylation sites is 1. The summed E-state index contributed by atoms with van der Waals surface area (Å²) in [6.45, 7) is 6.00. The fraction of sp³-hybridized carbons (Fsp3) is 0.211. The van der Waals surface area contributed by atoms with E-state index in [9.17, 15) is 0 Å². The molecule has 1 unspecified atom stereocenters. The molecule has 0 aliphatic rings. The summed E-state index contributed by atoms with van der Waals surface area (Å²) >= 11 is 2.06. The van der Waals surface area contributed by atoms with Crippen molar-refractivity contribution >= 4 is 37.1 Å². The average Bonchev–Trinajstić information content (AvgIpc) is 2.66. The minimum atomic E-state index is 0. The summed E-state index contributed by atoms with van der Waals surface area (Å²) in [6, 6.07) is 13.9.